The highest BCUT2D eigenvalue weighted by Crippen LogP contribution is 2.53. The molecular formula is C19H32N3O8PS. The first-order chi connectivity index (χ1) is 14.9. The lowest BCUT2D eigenvalue weighted by molar-refractivity contribution is -0.142. The third kappa shape index (κ3) is 9.41. The second-order valence-corrected chi connectivity index (χ2v) is 10.5. The molecule has 1 fully saturated rings. The first-order valence-electron chi connectivity index (χ1n) is 10.1. The van der Waals surface area contributed by atoms with E-state index in [9.17, 15) is 23.7 Å². The minimum absolute atomic E-state index is 0.0259. The predicted octanol–water partition coefficient (Wildman–Crippen LogP) is 1.15. The Labute approximate surface area is 192 Å². The van der Waals surface area contributed by atoms with Crippen LogP contribution in [0.2, 0.25) is 0 Å². The molecule has 0 aromatic carbocycles. The summed E-state index contributed by atoms with van der Waals surface area (Å²) in [7, 11) is -2.74. The maximum atomic E-state index is 12.8. The molecule has 1 unspecified atom stereocenters. The van der Waals surface area contributed by atoms with Crippen LogP contribution in [0.25, 0.3) is 0 Å². The summed E-state index contributed by atoms with van der Waals surface area (Å²) in [5.74, 6) is -1.05. The zero-order valence-corrected chi connectivity index (χ0v) is 20.7. The molecule has 0 spiro atoms. The van der Waals surface area contributed by atoms with Gasteiger partial charge < -0.3 is 15.4 Å². The van der Waals surface area contributed by atoms with E-state index >= 15 is 0 Å². The van der Waals surface area contributed by atoms with Crippen LogP contribution in [0.4, 0.5) is 0 Å². The van der Waals surface area contributed by atoms with Gasteiger partial charge in [0.05, 0.1) is 13.7 Å². The van der Waals surface area contributed by atoms with E-state index < -0.39 is 37.2 Å². The van der Waals surface area contributed by atoms with Crippen molar-refractivity contribution in [3.05, 3.63) is 12.2 Å². The number of methoxy groups -OCH3 is 1. The SMILES string of the molecule is C/C=C/C(=O)SCCNC(=O)CCNC(=O)[C@@H]1OP(=O)(N[C@@H](C)C(=O)OC)OCC1(C)C. The van der Waals surface area contributed by atoms with E-state index in [1.165, 1.54) is 20.1 Å². The van der Waals surface area contributed by atoms with E-state index in [0.717, 1.165) is 11.8 Å². The maximum Gasteiger partial charge on any atom is 0.407 e. The second kappa shape index (κ2) is 13.1. The smallest absolute Gasteiger partial charge is 0.407 e. The highest BCUT2D eigenvalue weighted by atomic mass is 32.2. The van der Waals surface area contributed by atoms with Crippen LogP contribution in [0.5, 0.6) is 0 Å². The van der Waals surface area contributed by atoms with Crippen molar-refractivity contribution in [3.63, 3.8) is 0 Å². The molecule has 3 atom stereocenters. The van der Waals surface area contributed by atoms with Crippen molar-refractivity contribution in [2.24, 2.45) is 5.41 Å². The fourth-order valence-corrected chi connectivity index (χ4v) is 5.16. The molecule has 0 aromatic heterocycles. The quantitative estimate of drug-likeness (QED) is 0.166. The zero-order chi connectivity index (χ0) is 24.4. The number of carbonyl (C=O) groups is 4. The zero-order valence-electron chi connectivity index (χ0n) is 19.0. The Morgan fingerprint density at radius 2 is 1.94 bits per heavy atom. The number of allylic oxidation sites excluding steroid dienone is 1. The molecular weight excluding hydrogens is 461 g/mol. The second-order valence-electron chi connectivity index (χ2n) is 7.68. The van der Waals surface area contributed by atoms with Crippen LogP contribution in [-0.4, -0.2) is 67.6 Å². The van der Waals surface area contributed by atoms with Crippen molar-refractivity contribution < 1.29 is 37.5 Å². The van der Waals surface area contributed by atoms with Crippen LogP contribution >= 0.6 is 19.5 Å². The standard InChI is InChI=1S/C19H32N3O8PS/c1-6-7-15(24)32-11-10-20-14(23)8-9-21-17(25)16-19(3,4)12-29-31(27,30-16)22-13(2)18(26)28-5/h6-7,13,16H,8-12H2,1-5H3,(H,20,23)(H,21,25)(H,22,27)/b7-6+/t13-,16-,31?/m0/s1. The fraction of sp³-hybridized carbons (Fsp3) is 0.684. The Kier molecular flexibility index (Phi) is 11.6. The van der Waals surface area contributed by atoms with Gasteiger partial charge in [-0.25, -0.2) is 9.65 Å². The first kappa shape index (κ1) is 28.3. The van der Waals surface area contributed by atoms with E-state index in [1.807, 2.05) is 0 Å². The lowest BCUT2D eigenvalue weighted by Crippen LogP contribution is -2.51. The van der Waals surface area contributed by atoms with E-state index in [2.05, 4.69) is 20.5 Å². The summed E-state index contributed by atoms with van der Waals surface area (Å²) in [6, 6.07) is -0.967. The molecule has 3 N–H and O–H groups in total. The molecule has 1 aliphatic heterocycles. The van der Waals surface area contributed by atoms with Gasteiger partial charge in [0.1, 0.15) is 6.04 Å². The lowest BCUT2D eigenvalue weighted by Gasteiger charge is -2.40. The molecule has 13 heteroatoms. The summed E-state index contributed by atoms with van der Waals surface area (Å²) in [4.78, 5) is 47.5. The van der Waals surface area contributed by atoms with Crippen molar-refractivity contribution >= 4 is 42.4 Å². The van der Waals surface area contributed by atoms with E-state index in [1.54, 1.807) is 26.8 Å². The average Bonchev–Trinajstić information content (AvgIpc) is 2.72. The molecule has 1 aliphatic rings. The van der Waals surface area contributed by atoms with Crippen molar-refractivity contribution in [3.8, 4) is 0 Å². The van der Waals surface area contributed by atoms with Crippen LogP contribution in [0, 0.1) is 5.41 Å². The third-order valence-electron chi connectivity index (χ3n) is 4.33. The monoisotopic (exact) mass is 493 g/mol. The van der Waals surface area contributed by atoms with Gasteiger partial charge in [0.25, 0.3) is 0 Å². The number of rotatable bonds is 11. The van der Waals surface area contributed by atoms with Crippen molar-refractivity contribution in [1.29, 1.82) is 0 Å². The molecule has 11 nitrogen and oxygen atoms in total. The number of hydrogen-bond acceptors (Lipinski definition) is 9. The summed E-state index contributed by atoms with van der Waals surface area (Å²) < 4.78 is 28.2. The molecule has 0 aromatic rings. The Morgan fingerprint density at radius 1 is 1.25 bits per heavy atom. The lowest BCUT2D eigenvalue weighted by atomic mass is 9.87. The summed E-state index contributed by atoms with van der Waals surface area (Å²) in [5.41, 5.74) is -0.798. The predicted molar refractivity (Wildman–Crippen MR) is 120 cm³/mol. The third-order valence-corrected chi connectivity index (χ3v) is 6.82. The topological polar surface area (TPSA) is 149 Å². The van der Waals surface area contributed by atoms with E-state index in [0.29, 0.717) is 12.3 Å². The van der Waals surface area contributed by atoms with Gasteiger partial charge in [-0.15, -0.1) is 0 Å². The number of esters is 1. The number of thioether (sulfide) groups is 1. The summed E-state index contributed by atoms with van der Waals surface area (Å²) >= 11 is 1.10. The first-order valence-corrected chi connectivity index (χ1v) is 12.6. The molecule has 1 rings (SSSR count). The molecule has 0 bridgehead atoms. The molecule has 2 amide bonds. The van der Waals surface area contributed by atoms with E-state index in [4.69, 9.17) is 9.05 Å². The van der Waals surface area contributed by atoms with E-state index in [-0.39, 0.29) is 30.6 Å². The van der Waals surface area contributed by atoms with Crippen LogP contribution in [0.1, 0.15) is 34.1 Å². The van der Waals surface area contributed by atoms with Crippen molar-refractivity contribution in [2.45, 2.75) is 46.3 Å². The van der Waals surface area contributed by atoms with Gasteiger partial charge >= 0.3 is 13.7 Å². The fourth-order valence-electron chi connectivity index (χ4n) is 2.58. The largest absolute Gasteiger partial charge is 0.468 e. The van der Waals surface area contributed by atoms with Crippen molar-refractivity contribution in [2.75, 3.05) is 32.6 Å². The molecule has 1 heterocycles. The van der Waals surface area contributed by atoms with Crippen LogP contribution < -0.4 is 15.7 Å². The summed E-state index contributed by atoms with van der Waals surface area (Å²) in [5, 5.41) is 7.63. The van der Waals surface area contributed by atoms with Gasteiger partial charge in [0, 0.05) is 30.7 Å². The van der Waals surface area contributed by atoms with Gasteiger partial charge in [-0.2, -0.15) is 0 Å². The number of carbonyl (C=O) groups excluding carboxylic acids is 4. The van der Waals surface area contributed by atoms with Gasteiger partial charge in [0.15, 0.2) is 6.10 Å². The van der Waals surface area contributed by atoms with Gasteiger partial charge in [0.2, 0.25) is 16.9 Å². The number of nitrogens with one attached hydrogen (secondary N) is 3. The Bertz CT molecular complexity index is 774. The van der Waals surface area contributed by atoms with Crippen LogP contribution in [0.15, 0.2) is 12.2 Å². The maximum absolute atomic E-state index is 12.8. The molecule has 1 saturated heterocycles. The average molecular weight is 494 g/mol. The minimum atomic E-state index is -3.94. The van der Waals surface area contributed by atoms with Gasteiger partial charge in [-0.1, -0.05) is 31.7 Å². The summed E-state index contributed by atoms with van der Waals surface area (Å²) in [6.45, 7) is 6.92. The Balaban J connectivity index is 2.50. The molecule has 0 radical (unpaired) electrons. The molecule has 32 heavy (non-hydrogen) atoms. The number of amides is 2. The van der Waals surface area contributed by atoms with Gasteiger partial charge in [-0.3, -0.25) is 28.2 Å². The highest BCUT2D eigenvalue weighted by molar-refractivity contribution is 8.14. The van der Waals surface area contributed by atoms with Crippen LogP contribution in [0.3, 0.4) is 0 Å². The Morgan fingerprint density at radius 3 is 2.56 bits per heavy atom. The summed E-state index contributed by atoms with van der Waals surface area (Å²) in [6.07, 6.45) is 2.00. The molecule has 0 saturated carbocycles. The number of ether oxygens (including phenoxy) is 1. The molecule has 182 valence electrons. The van der Waals surface area contributed by atoms with Gasteiger partial charge in [-0.05, 0) is 19.9 Å². The van der Waals surface area contributed by atoms with Crippen LogP contribution in [-0.2, 0) is 37.5 Å². The molecule has 0 aliphatic carbocycles. The number of hydrogen-bond donors (Lipinski definition) is 3. The highest BCUT2D eigenvalue weighted by Gasteiger charge is 2.48. The normalized spacial score (nSPS) is 23.3. The Hall–Kier alpha value is -1.72. The minimum Gasteiger partial charge on any atom is -0.468 e. The van der Waals surface area contributed by atoms with Crippen molar-refractivity contribution in [1.82, 2.24) is 15.7 Å².